The van der Waals surface area contributed by atoms with Crippen LogP contribution < -0.4 is 0 Å². The predicted octanol–water partition coefficient (Wildman–Crippen LogP) is 9.67. The second-order valence-electron chi connectivity index (χ2n) is 9.04. The highest BCUT2D eigenvalue weighted by atomic mass is 35.5. The van der Waals surface area contributed by atoms with Gasteiger partial charge in [0.1, 0.15) is 5.82 Å². The Morgan fingerprint density at radius 1 is 0.774 bits per heavy atom. The zero-order valence-electron chi connectivity index (χ0n) is 18.4. The van der Waals surface area contributed by atoms with Crippen molar-refractivity contribution in [3.63, 3.8) is 0 Å². The Kier molecular flexibility index (Phi) is 7.45. The van der Waals surface area contributed by atoms with Crippen LogP contribution in [0.1, 0.15) is 69.8 Å². The van der Waals surface area contributed by atoms with Gasteiger partial charge in [0.05, 0.1) is 0 Å². The van der Waals surface area contributed by atoms with Crippen LogP contribution in [-0.4, -0.2) is 0 Å². The van der Waals surface area contributed by atoms with Crippen LogP contribution in [0.3, 0.4) is 0 Å². The molecule has 1 saturated carbocycles. The maximum Gasteiger partial charge on any atom is 0.123 e. The van der Waals surface area contributed by atoms with E-state index in [1.165, 1.54) is 74.6 Å². The molecule has 162 valence electrons. The van der Waals surface area contributed by atoms with Gasteiger partial charge in [0.2, 0.25) is 0 Å². The van der Waals surface area contributed by atoms with Crippen LogP contribution in [0.2, 0.25) is 5.02 Å². The molecule has 2 heteroatoms. The molecule has 3 aromatic carbocycles. The largest absolute Gasteiger partial charge is 0.207 e. The maximum absolute atomic E-state index is 13.2. The minimum atomic E-state index is -0.235. The highest BCUT2D eigenvalue weighted by Crippen LogP contribution is 2.39. The van der Waals surface area contributed by atoms with Gasteiger partial charge in [0.15, 0.2) is 0 Å². The van der Waals surface area contributed by atoms with Crippen LogP contribution in [0.4, 0.5) is 4.39 Å². The van der Waals surface area contributed by atoms with Crippen LogP contribution in [0.15, 0.2) is 66.7 Å². The van der Waals surface area contributed by atoms with E-state index in [1.54, 1.807) is 12.1 Å². The summed E-state index contributed by atoms with van der Waals surface area (Å²) in [6.07, 6.45) is 11.0. The lowest BCUT2D eigenvalue weighted by Crippen LogP contribution is -2.13. The summed E-state index contributed by atoms with van der Waals surface area (Å²) >= 11 is 6.57. The van der Waals surface area contributed by atoms with Gasteiger partial charge >= 0.3 is 0 Å². The van der Waals surface area contributed by atoms with Crippen LogP contribution in [0, 0.1) is 11.7 Å². The van der Waals surface area contributed by atoms with Crippen LogP contribution in [-0.2, 0) is 0 Å². The van der Waals surface area contributed by atoms with Gasteiger partial charge in [-0.3, -0.25) is 0 Å². The molecular formula is C29H32ClF. The van der Waals surface area contributed by atoms with E-state index in [4.69, 9.17) is 11.6 Å². The van der Waals surface area contributed by atoms with Gasteiger partial charge in [-0.15, -0.1) is 0 Å². The molecule has 31 heavy (non-hydrogen) atoms. The molecule has 1 aliphatic rings. The third-order valence-electron chi connectivity index (χ3n) is 6.90. The average Bonchev–Trinajstić information content (AvgIpc) is 2.81. The van der Waals surface area contributed by atoms with Crippen molar-refractivity contribution in [2.45, 2.75) is 64.2 Å². The van der Waals surface area contributed by atoms with E-state index in [9.17, 15) is 4.39 Å². The lowest BCUT2D eigenvalue weighted by Gasteiger charge is -2.29. The SMILES string of the molecule is CCCCCC1CCC(c2ccc(-c3ccc(-c4ccc(F)cc4)c(Cl)c3)cc2)CC1. The Bertz CT molecular complexity index is 967. The van der Waals surface area contributed by atoms with Crippen molar-refractivity contribution in [2.75, 3.05) is 0 Å². The molecule has 0 unspecified atom stereocenters. The predicted molar refractivity (Wildman–Crippen MR) is 131 cm³/mol. The molecular weight excluding hydrogens is 403 g/mol. The molecule has 1 fully saturated rings. The number of hydrogen-bond donors (Lipinski definition) is 0. The molecule has 0 atom stereocenters. The smallest absolute Gasteiger partial charge is 0.123 e. The summed E-state index contributed by atoms with van der Waals surface area (Å²) in [6.45, 7) is 2.29. The molecule has 0 spiro atoms. The molecule has 0 bridgehead atoms. The minimum absolute atomic E-state index is 0.235. The standard InChI is InChI=1S/C29H32ClF/c1-2-3-4-5-21-6-8-22(9-7-21)23-10-12-24(13-11-23)26-16-19-28(29(30)20-26)25-14-17-27(31)18-15-25/h10-22H,2-9H2,1H3. The van der Waals surface area contributed by atoms with Crippen molar-refractivity contribution in [3.8, 4) is 22.3 Å². The zero-order chi connectivity index (χ0) is 21.6. The second kappa shape index (κ2) is 10.5. The molecule has 0 saturated heterocycles. The molecule has 0 radical (unpaired) electrons. The Morgan fingerprint density at radius 2 is 1.42 bits per heavy atom. The number of hydrogen-bond acceptors (Lipinski definition) is 0. The van der Waals surface area contributed by atoms with Gasteiger partial charge in [0.25, 0.3) is 0 Å². The summed E-state index contributed by atoms with van der Waals surface area (Å²) in [5.41, 5.74) is 5.63. The van der Waals surface area contributed by atoms with Crippen molar-refractivity contribution in [1.29, 1.82) is 0 Å². The molecule has 0 amide bonds. The first-order valence-corrected chi connectivity index (χ1v) is 12.2. The summed E-state index contributed by atoms with van der Waals surface area (Å²) < 4.78 is 13.2. The molecule has 0 aromatic heterocycles. The van der Waals surface area contributed by atoms with Crippen molar-refractivity contribution in [2.24, 2.45) is 5.92 Å². The van der Waals surface area contributed by atoms with E-state index in [0.717, 1.165) is 22.6 Å². The zero-order valence-corrected chi connectivity index (χ0v) is 19.2. The molecule has 3 aromatic rings. The summed E-state index contributed by atoms with van der Waals surface area (Å²) in [6, 6.07) is 21.7. The highest BCUT2D eigenvalue weighted by Gasteiger charge is 2.22. The number of rotatable bonds is 7. The minimum Gasteiger partial charge on any atom is -0.207 e. The third kappa shape index (κ3) is 5.57. The van der Waals surface area contributed by atoms with E-state index in [2.05, 4.69) is 37.3 Å². The summed E-state index contributed by atoms with van der Waals surface area (Å²) in [5, 5.41) is 0.689. The maximum atomic E-state index is 13.2. The van der Waals surface area contributed by atoms with Crippen LogP contribution in [0.25, 0.3) is 22.3 Å². The summed E-state index contributed by atoms with van der Waals surface area (Å²) in [4.78, 5) is 0. The normalized spacial score (nSPS) is 18.8. The summed E-state index contributed by atoms with van der Waals surface area (Å²) in [5.74, 6) is 1.42. The Labute approximate surface area is 191 Å². The summed E-state index contributed by atoms with van der Waals surface area (Å²) in [7, 11) is 0. The second-order valence-corrected chi connectivity index (χ2v) is 9.44. The van der Waals surface area contributed by atoms with E-state index in [1.807, 2.05) is 12.1 Å². The first-order chi connectivity index (χ1) is 15.1. The van der Waals surface area contributed by atoms with Gasteiger partial charge in [-0.25, -0.2) is 4.39 Å². The van der Waals surface area contributed by atoms with E-state index < -0.39 is 0 Å². The molecule has 4 rings (SSSR count). The van der Waals surface area contributed by atoms with Crippen LogP contribution >= 0.6 is 11.6 Å². The lowest BCUT2D eigenvalue weighted by molar-refractivity contribution is 0.303. The number of benzene rings is 3. The lowest BCUT2D eigenvalue weighted by atomic mass is 9.77. The monoisotopic (exact) mass is 434 g/mol. The fourth-order valence-electron chi connectivity index (χ4n) is 4.97. The molecule has 1 aliphatic carbocycles. The van der Waals surface area contributed by atoms with E-state index in [0.29, 0.717) is 10.9 Å². The third-order valence-corrected chi connectivity index (χ3v) is 7.22. The van der Waals surface area contributed by atoms with E-state index >= 15 is 0 Å². The van der Waals surface area contributed by atoms with Crippen molar-refractivity contribution in [3.05, 3.63) is 83.1 Å². The molecule has 0 N–H and O–H groups in total. The highest BCUT2D eigenvalue weighted by molar-refractivity contribution is 6.33. The number of unbranched alkanes of at least 4 members (excludes halogenated alkanes) is 2. The van der Waals surface area contributed by atoms with Crippen molar-refractivity contribution in [1.82, 2.24) is 0 Å². The Balaban J connectivity index is 1.40. The molecule has 0 heterocycles. The van der Waals surface area contributed by atoms with E-state index in [-0.39, 0.29) is 5.82 Å². The molecule has 0 aliphatic heterocycles. The van der Waals surface area contributed by atoms with Crippen molar-refractivity contribution >= 4 is 11.6 Å². The fourth-order valence-corrected chi connectivity index (χ4v) is 5.26. The van der Waals surface area contributed by atoms with Gasteiger partial charge in [-0.05, 0) is 78.0 Å². The molecule has 0 nitrogen and oxygen atoms in total. The first kappa shape index (κ1) is 22.1. The first-order valence-electron chi connectivity index (χ1n) is 11.8. The Morgan fingerprint density at radius 3 is 2.06 bits per heavy atom. The topological polar surface area (TPSA) is 0 Å². The van der Waals surface area contributed by atoms with Gasteiger partial charge in [-0.1, -0.05) is 92.7 Å². The van der Waals surface area contributed by atoms with Gasteiger partial charge in [0, 0.05) is 10.6 Å². The van der Waals surface area contributed by atoms with Gasteiger partial charge < -0.3 is 0 Å². The van der Waals surface area contributed by atoms with Crippen LogP contribution in [0.5, 0.6) is 0 Å². The fraction of sp³-hybridized carbons (Fsp3) is 0.379. The quantitative estimate of drug-likeness (QED) is 0.324. The van der Waals surface area contributed by atoms with Crippen molar-refractivity contribution < 1.29 is 4.39 Å². The number of halogens is 2. The Hall–Kier alpha value is -2.12. The van der Waals surface area contributed by atoms with Gasteiger partial charge in [-0.2, -0.15) is 0 Å². The average molecular weight is 435 g/mol.